The molecule has 1 aromatic carbocycles. The van der Waals surface area contributed by atoms with E-state index in [0.29, 0.717) is 23.7 Å². The molecule has 0 heterocycles. The molecule has 1 aromatic rings. The zero-order valence-corrected chi connectivity index (χ0v) is 11.7. The largest absolute Gasteiger partial charge is 0.382 e. The zero-order valence-electron chi connectivity index (χ0n) is 11.7. The van der Waals surface area contributed by atoms with E-state index in [1.165, 1.54) is 18.9 Å². The Morgan fingerprint density at radius 1 is 1.53 bits per heavy atom. The predicted molar refractivity (Wildman–Crippen MR) is 74.8 cm³/mol. The first-order valence-electron chi connectivity index (χ1n) is 6.85. The predicted octanol–water partition coefficient (Wildman–Crippen LogP) is 3.13. The quantitative estimate of drug-likeness (QED) is 0.886. The molecule has 1 fully saturated rings. The highest BCUT2D eigenvalue weighted by Gasteiger charge is 2.33. The van der Waals surface area contributed by atoms with Crippen LogP contribution in [0, 0.1) is 11.7 Å². The average Bonchev–Trinajstić information content (AvgIpc) is 3.23. The van der Waals surface area contributed by atoms with Gasteiger partial charge in [0.15, 0.2) is 0 Å². The minimum atomic E-state index is -0.375. The second kappa shape index (κ2) is 5.59. The summed E-state index contributed by atoms with van der Waals surface area (Å²) in [5, 5.41) is 2.94. The normalized spacial score (nSPS) is 16.0. The molecule has 0 radical (unpaired) electrons. The maximum Gasteiger partial charge on any atom is 0.256 e. The van der Waals surface area contributed by atoms with Gasteiger partial charge in [0.2, 0.25) is 0 Å². The van der Waals surface area contributed by atoms with Crippen LogP contribution in [-0.2, 0) is 0 Å². The number of hydrogen-bond acceptors (Lipinski definition) is 2. The van der Waals surface area contributed by atoms with Crippen molar-refractivity contribution in [3.8, 4) is 0 Å². The SMILES string of the molecule is CCNc1c(F)cccc1C(=O)N(C)C(C)C1CC1. The molecule has 19 heavy (non-hydrogen) atoms. The van der Waals surface area contributed by atoms with Crippen LogP contribution in [0.2, 0.25) is 0 Å². The minimum absolute atomic E-state index is 0.116. The van der Waals surface area contributed by atoms with Crippen molar-refractivity contribution in [2.24, 2.45) is 5.92 Å². The van der Waals surface area contributed by atoms with Gasteiger partial charge in [-0.3, -0.25) is 4.79 Å². The Bertz CT molecular complexity index is 471. The van der Waals surface area contributed by atoms with E-state index in [4.69, 9.17) is 0 Å². The van der Waals surface area contributed by atoms with Crippen molar-refractivity contribution in [2.75, 3.05) is 18.9 Å². The number of carbonyl (C=O) groups excluding carboxylic acids is 1. The lowest BCUT2D eigenvalue weighted by atomic mass is 10.1. The number of carbonyl (C=O) groups is 1. The van der Waals surface area contributed by atoms with Crippen LogP contribution in [0.4, 0.5) is 10.1 Å². The first kappa shape index (κ1) is 13.8. The summed E-state index contributed by atoms with van der Waals surface area (Å²) in [6.45, 7) is 4.53. The molecule has 2 rings (SSSR count). The third-order valence-electron chi connectivity index (χ3n) is 3.83. The Kier molecular flexibility index (Phi) is 4.08. The molecule has 1 atom stereocenters. The molecule has 1 amide bonds. The Labute approximate surface area is 113 Å². The van der Waals surface area contributed by atoms with E-state index < -0.39 is 0 Å². The van der Waals surface area contributed by atoms with Gasteiger partial charge in [-0.2, -0.15) is 0 Å². The smallest absolute Gasteiger partial charge is 0.256 e. The highest BCUT2D eigenvalue weighted by Crippen LogP contribution is 2.35. The molecule has 1 aliphatic carbocycles. The summed E-state index contributed by atoms with van der Waals surface area (Å²) in [7, 11) is 1.80. The van der Waals surface area contributed by atoms with Gasteiger partial charge in [-0.1, -0.05) is 6.07 Å². The fourth-order valence-corrected chi connectivity index (χ4v) is 2.33. The summed E-state index contributed by atoms with van der Waals surface area (Å²) in [4.78, 5) is 14.2. The van der Waals surface area contributed by atoms with Crippen LogP contribution in [0.15, 0.2) is 18.2 Å². The lowest BCUT2D eigenvalue weighted by molar-refractivity contribution is 0.0728. The van der Waals surface area contributed by atoms with E-state index in [1.54, 1.807) is 24.1 Å². The number of anilines is 1. The van der Waals surface area contributed by atoms with Gasteiger partial charge in [-0.05, 0) is 44.7 Å². The van der Waals surface area contributed by atoms with E-state index in [0.717, 1.165) is 0 Å². The van der Waals surface area contributed by atoms with E-state index >= 15 is 0 Å². The number of rotatable bonds is 5. The van der Waals surface area contributed by atoms with Gasteiger partial charge in [0.1, 0.15) is 5.82 Å². The molecule has 104 valence electrons. The van der Waals surface area contributed by atoms with Crippen molar-refractivity contribution in [2.45, 2.75) is 32.7 Å². The van der Waals surface area contributed by atoms with Crippen LogP contribution in [0.3, 0.4) is 0 Å². The topological polar surface area (TPSA) is 32.3 Å². The lowest BCUT2D eigenvalue weighted by Gasteiger charge is -2.26. The van der Waals surface area contributed by atoms with Gasteiger partial charge in [0, 0.05) is 19.6 Å². The van der Waals surface area contributed by atoms with Crippen LogP contribution < -0.4 is 5.32 Å². The number of amides is 1. The van der Waals surface area contributed by atoms with Gasteiger partial charge in [0.05, 0.1) is 11.3 Å². The number of nitrogens with one attached hydrogen (secondary N) is 1. The average molecular weight is 264 g/mol. The summed E-state index contributed by atoms with van der Waals surface area (Å²) < 4.78 is 13.8. The summed E-state index contributed by atoms with van der Waals surface area (Å²) in [5.74, 6) is 0.111. The molecule has 0 bridgehead atoms. The van der Waals surface area contributed by atoms with Crippen molar-refractivity contribution >= 4 is 11.6 Å². The van der Waals surface area contributed by atoms with Gasteiger partial charge in [-0.15, -0.1) is 0 Å². The van der Waals surface area contributed by atoms with Crippen LogP contribution >= 0.6 is 0 Å². The maximum absolute atomic E-state index is 13.8. The van der Waals surface area contributed by atoms with E-state index in [2.05, 4.69) is 12.2 Å². The fourth-order valence-electron chi connectivity index (χ4n) is 2.33. The molecule has 1 unspecified atom stereocenters. The van der Waals surface area contributed by atoms with Gasteiger partial charge in [0.25, 0.3) is 5.91 Å². The number of benzene rings is 1. The van der Waals surface area contributed by atoms with E-state index in [9.17, 15) is 9.18 Å². The van der Waals surface area contributed by atoms with Gasteiger partial charge < -0.3 is 10.2 Å². The van der Waals surface area contributed by atoms with Crippen molar-refractivity contribution in [3.63, 3.8) is 0 Å². The zero-order chi connectivity index (χ0) is 14.0. The highest BCUT2D eigenvalue weighted by molar-refractivity contribution is 5.99. The minimum Gasteiger partial charge on any atom is -0.382 e. The maximum atomic E-state index is 13.8. The molecular weight excluding hydrogens is 243 g/mol. The second-order valence-electron chi connectivity index (χ2n) is 5.19. The van der Waals surface area contributed by atoms with Crippen molar-refractivity contribution < 1.29 is 9.18 Å². The van der Waals surface area contributed by atoms with Crippen molar-refractivity contribution in [3.05, 3.63) is 29.6 Å². The van der Waals surface area contributed by atoms with Crippen LogP contribution in [0.1, 0.15) is 37.0 Å². The van der Waals surface area contributed by atoms with Crippen LogP contribution in [0.25, 0.3) is 0 Å². The molecule has 0 aliphatic heterocycles. The summed E-state index contributed by atoms with van der Waals surface area (Å²) in [6, 6.07) is 4.85. The second-order valence-corrected chi connectivity index (χ2v) is 5.19. The van der Waals surface area contributed by atoms with Crippen LogP contribution in [0.5, 0.6) is 0 Å². The molecular formula is C15H21FN2O. The van der Waals surface area contributed by atoms with E-state index in [1.807, 2.05) is 6.92 Å². The molecule has 1 aliphatic rings. The third-order valence-corrected chi connectivity index (χ3v) is 3.83. The Balaban J connectivity index is 2.24. The number of para-hydroxylation sites is 1. The third kappa shape index (κ3) is 2.88. The Morgan fingerprint density at radius 3 is 2.79 bits per heavy atom. The molecule has 1 saturated carbocycles. The van der Waals surface area contributed by atoms with Crippen LogP contribution in [-0.4, -0.2) is 30.4 Å². The van der Waals surface area contributed by atoms with E-state index in [-0.39, 0.29) is 17.8 Å². The van der Waals surface area contributed by atoms with Crippen molar-refractivity contribution in [1.82, 2.24) is 4.90 Å². The molecule has 1 N–H and O–H groups in total. The van der Waals surface area contributed by atoms with Crippen molar-refractivity contribution in [1.29, 1.82) is 0 Å². The Hall–Kier alpha value is -1.58. The summed E-state index contributed by atoms with van der Waals surface area (Å²) in [5.41, 5.74) is 0.724. The number of halogens is 1. The number of hydrogen-bond donors (Lipinski definition) is 1. The lowest BCUT2D eigenvalue weighted by Crippen LogP contribution is -2.36. The van der Waals surface area contributed by atoms with Gasteiger partial charge in [-0.25, -0.2) is 4.39 Å². The molecule has 4 heteroatoms. The Morgan fingerprint density at radius 2 is 2.21 bits per heavy atom. The molecule has 3 nitrogen and oxygen atoms in total. The van der Waals surface area contributed by atoms with Gasteiger partial charge >= 0.3 is 0 Å². The summed E-state index contributed by atoms with van der Waals surface area (Å²) >= 11 is 0. The fraction of sp³-hybridized carbons (Fsp3) is 0.533. The molecule has 0 saturated heterocycles. The number of nitrogens with zero attached hydrogens (tertiary/aromatic N) is 1. The first-order valence-corrected chi connectivity index (χ1v) is 6.85. The first-order chi connectivity index (χ1) is 9.06. The molecule has 0 spiro atoms. The highest BCUT2D eigenvalue weighted by atomic mass is 19.1. The molecule has 0 aromatic heterocycles. The monoisotopic (exact) mass is 264 g/mol. The standard InChI is InChI=1S/C15H21FN2O/c1-4-17-14-12(6-5-7-13(14)16)15(19)18(3)10(2)11-8-9-11/h5-7,10-11,17H,4,8-9H2,1-3H3. The summed E-state index contributed by atoms with van der Waals surface area (Å²) in [6.07, 6.45) is 2.37.